The van der Waals surface area contributed by atoms with Gasteiger partial charge in [0.2, 0.25) is 0 Å². The van der Waals surface area contributed by atoms with Crippen molar-refractivity contribution >= 4 is 5.91 Å². The summed E-state index contributed by atoms with van der Waals surface area (Å²) in [5.74, 6) is 2.50. The number of methoxy groups -OCH3 is 2. The smallest absolute Gasteiger partial charge is 0.253 e. The summed E-state index contributed by atoms with van der Waals surface area (Å²) in [7, 11) is 3.32. The lowest BCUT2D eigenvalue weighted by Gasteiger charge is -2.32. The molecule has 0 atom stereocenters. The first-order chi connectivity index (χ1) is 12.7. The first-order valence-electron chi connectivity index (χ1n) is 9.26. The molecule has 1 aliphatic rings. The number of nitrogens with zero attached hydrogens (tertiary/aromatic N) is 1. The molecule has 138 valence electrons. The van der Waals surface area contributed by atoms with E-state index < -0.39 is 0 Å². The maximum atomic E-state index is 12.6. The van der Waals surface area contributed by atoms with Gasteiger partial charge in [-0.25, -0.2) is 0 Å². The van der Waals surface area contributed by atoms with Gasteiger partial charge in [0.05, 0.1) is 14.2 Å². The Kier molecular flexibility index (Phi) is 6.16. The average Bonchev–Trinajstić information content (AvgIpc) is 2.72. The van der Waals surface area contributed by atoms with Crippen LogP contribution in [-0.2, 0) is 6.42 Å². The summed E-state index contributed by atoms with van der Waals surface area (Å²) in [6, 6.07) is 15.7. The van der Waals surface area contributed by atoms with Crippen LogP contribution in [0.5, 0.6) is 11.5 Å². The van der Waals surface area contributed by atoms with E-state index in [-0.39, 0.29) is 5.91 Å². The van der Waals surface area contributed by atoms with Crippen molar-refractivity contribution in [3.8, 4) is 11.5 Å². The number of amides is 1. The van der Waals surface area contributed by atoms with Gasteiger partial charge in [-0.2, -0.15) is 0 Å². The van der Waals surface area contributed by atoms with Crippen LogP contribution in [0.4, 0.5) is 0 Å². The summed E-state index contributed by atoms with van der Waals surface area (Å²) in [6.45, 7) is 1.69. The normalized spacial score (nSPS) is 14.9. The topological polar surface area (TPSA) is 38.8 Å². The minimum Gasteiger partial charge on any atom is -0.497 e. The number of carbonyl (C=O) groups excluding carboxylic acids is 1. The van der Waals surface area contributed by atoms with Crippen LogP contribution in [0.2, 0.25) is 0 Å². The summed E-state index contributed by atoms with van der Waals surface area (Å²) >= 11 is 0. The van der Waals surface area contributed by atoms with Crippen LogP contribution in [0.25, 0.3) is 0 Å². The molecule has 0 bridgehead atoms. The quantitative estimate of drug-likeness (QED) is 0.782. The molecule has 4 nitrogen and oxygen atoms in total. The van der Waals surface area contributed by atoms with Crippen molar-refractivity contribution in [3.05, 3.63) is 59.7 Å². The Morgan fingerprint density at radius 1 is 0.923 bits per heavy atom. The van der Waals surface area contributed by atoms with E-state index in [2.05, 4.69) is 12.1 Å². The van der Waals surface area contributed by atoms with Gasteiger partial charge in [0.25, 0.3) is 5.91 Å². The van der Waals surface area contributed by atoms with E-state index in [1.807, 2.05) is 41.3 Å². The second kappa shape index (κ2) is 8.75. The van der Waals surface area contributed by atoms with Crippen molar-refractivity contribution in [2.45, 2.75) is 25.7 Å². The molecule has 0 aromatic heterocycles. The van der Waals surface area contributed by atoms with Crippen LogP contribution >= 0.6 is 0 Å². The molecule has 1 heterocycles. The summed E-state index contributed by atoms with van der Waals surface area (Å²) in [5.41, 5.74) is 2.09. The van der Waals surface area contributed by atoms with Crippen LogP contribution < -0.4 is 9.47 Å². The van der Waals surface area contributed by atoms with E-state index in [1.165, 1.54) is 12.0 Å². The highest BCUT2D eigenvalue weighted by Gasteiger charge is 2.23. The number of rotatable bonds is 6. The lowest BCUT2D eigenvalue weighted by atomic mass is 9.90. The molecule has 0 radical (unpaired) electrons. The molecule has 1 aliphatic heterocycles. The fourth-order valence-electron chi connectivity index (χ4n) is 3.50. The third-order valence-electron chi connectivity index (χ3n) is 5.24. The molecule has 0 saturated carbocycles. The van der Waals surface area contributed by atoms with Crippen molar-refractivity contribution in [3.63, 3.8) is 0 Å². The second-order valence-corrected chi connectivity index (χ2v) is 6.85. The van der Waals surface area contributed by atoms with Crippen molar-refractivity contribution in [2.75, 3.05) is 27.3 Å². The lowest BCUT2D eigenvalue weighted by Crippen LogP contribution is -2.38. The zero-order valence-corrected chi connectivity index (χ0v) is 15.6. The highest BCUT2D eigenvalue weighted by Crippen LogP contribution is 2.24. The highest BCUT2D eigenvalue weighted by molar-refractivity contribution is 5.94. The molecule has 1 saturated heterocycles. The van der Waals surface area contributed by atoms with E-state index in [9.17, 15) is 4.79 Å². The predicted molar refractivity (Wildman–Crippen MR) is 103 cm³/mol. The molecule has 0 aliphatic carbocycles. The number of carbonyl (C=O) groups is 1. The molecule has 3 rings (SSSR count). The van der Waals surface area contributed by atoms with E-state index in [0.717, 1.165) is 49.4 Å². The monoisotopic (exact) mass is 353 g/mol. The van der Waals surface area contributed by atoms with Gasteiger partial charge in [0.1, 0.15) is 11.5 Å². The number of benzene rings is 2. The fraction of sp³-hybridized carbons (Fsp3) is 0.409. The summed E-state index contributed by atoms with van der Waals surface area (Å²) < 4.78 is 10.4. The molecule has 0 N–H and O–H groups in total. The Balaban J connectivity index is 1.46. The van der Waals surface area contributed by atoms with Gasteiger partial charge < -0.3 is 14.4 Å². The van der Waals surface area contributed by atoms with Crippen molar-refractivity contribution in [2.24, 2.45) is 5.92 Å². The third kappa shape index (κ3) is 4.57. The number of likely N-dealkylation sites (tertiary alicyclic amines) is 1. The minimum absolute atomic E-state index is 0.126. The Hall–Kier alpha value is -2.49. The number of ether oxygens (including phenoxy) is 2. The predicted octanol–water partition coefficient (Wildman–Crippen LogP) is 4.19. The first-order valence-corrected chi connectivity index (χ1v) is 9.26. The molecular formula is C22H27NO3. The van der Waals surface area contributed by atoms with Crippen LogP contribution in [-0.4, -0.2) is 38.1 Å². The number of hydrogen-bond donors (Lipinski definition) is 0. The Bertz CT molecular complexity index is 701. The SMILES string of the molecule is COc1ccc(CCC2CCN(C(=O)c3ccc(OC)cc3)CC2)cc1. The van der Waals surface area contributed by atoms with Crippen LogP contribution in [0.1, 0.15) is 35.2 Å². The number of hydrogen-bond acceptors (Lipinski definition) is 3. The minimum atomic E-state index is 0.126. The molecular weight excluding hydrogens is 326 g/mol. The van der Waals surface area contributed by atoms with Gasteiger partial charge in [-0.15, -0.1) is 0 Å². The molecule has 0 unspecified atom stereocenters. The number of piperidine rings is 1. The van der Waals surface area contributed by atoms with Crippen molar-refractivity contribution in [1.82, 2.24) is 4.90 Å². The highest BCUT2D eigenvalue weighted by atomic mass is 16.5. The zero-order chi connectivity index (χ0) is 18.4. The van der Waals surface area contributed by atoms with Gasteiger partial charge in [0, 0.05) is 18.7 Å². The van der Waals surface area contributed by atoms with Crippen LogP contribution in [0, 0.1) is 5.92 Å². The lowest BCUT2D eigenvalue weighted by molar-refractivity contribution is 0.0687. The molecule has 4 heteroatoms. The first kappa shape index (κ1) is 18.3. The van der Waals surface area contributed by atoms with Gasteiger partial charge in [0.15, 0.2) is 0 Å². The summed E-state index contributed by atoms with van der Waals surface area (Å²) in [5, 5.41) is 0. The van der Waals surface area contributed by atoms with Gasteiger partial charge >= 0.3 is 0 Å². The molecule has 0 spiro atoms. The van der Waals surface area contributed by atoms with Crippen molar-refractivity contribution in [1.29, 1.82) is 0 Å². The largest absolute Gasteiger partial charge is 0.497 e. The second-order valence-electron chi connectivity index (χ2n) is 6.85. The van der Waals surface area contributed by atoms with E-state index in [0.29, 0.717) is 5.92 Å². The van der Waals surface area contributed by atoms with E-state index >= 15 is 0 Å². The van der Waals surface area contributed by atoms with Gasteiger partial charge in [-0.05, 0) is 73.6 Å². The molecule has 2 aromatic rings. The maximum absolute atomic E-state index is 12.6. The van der Waals surface area contributed by atoms with Crippen molar-refractivity contribution < 1.29 is 14.3 Å². The Labute approximate surface area is 155 Å². The summed E-state index contributed by atoms with van der Waals surface area (Å²) in [6.07, 6.45) is 4.42. The third-order valence-corrected chi connectivity index (χ3v) is 5.24. The molecule has 1 amide bonds. The number of aryl methyl sites for hydroxylation is 1. The standard InChI is InChI=1S/C22H27NO3/c1-25-20-9-5-17(6-10-20)3-4-18-13-15-23(16-14-18)22(24)19-7-11-21(26-2)12-8-19/h5-12,18H,3-4,13-16H2,1-2H3. The van der Waals surface area contributed by atoms with Crippen LogP contribution in [0.15, 0.2) is 48.5 Å². The Morgan fingerprint density at radius 3 is 2.00 bits per heavy atom. The summed E-state index contributed by atoms with van der Waals surface area (Å²) in [4.78, 5) is 14.6. The Morgan fingerprint density at radius 2 is 1.46 bits per heavy atom. The van der Waals surface area contributed by atoms with Gasteiger partial charge in [-0.3, -0.25) is 4.79 Å². The molecule has 1 fully saturated rings. The molecule has 2 aromatic carbocycles. The average molecular weight is 353 g/mol. The van der Waals surface area contributed by atoms with E-state index in [4.69, 9.17) is 9.47 Å². The van der Waals surface area contributed by atoms with Gasteiger partial charge in [-0.1, -0.05) is 12.1 Å². The fourth-order valence-corrected chi connectivity index (χ4v) is 3.50. The van der Waals surface area contributed by atoms with E-state index in [1.54, 1.807) is 14.2 Å². The zero-order valence-electron chi connectivity index (χ0n) is 15.6. The molecule has 26 heavy (non-hydrogen) atoms. The maximum Gasteiger partial charge on any atom is 0.253 e. The van der Waals surface area contributed by atoms with Crippen LogP contribution in [0.3, 0.4) is 0 Å².